The Morgan fingerprint density at radius 1 is 1.30 bits per heavy atom. The van der Waals surface area contributed by atoms with Gasteiger partial charge in [-0.25, -0.2) is 9.67 Å². The lowest BCUT2D eigenvalue weighted by molar-refractivity contribution is 0.297. The van der Waals surface area contributed by atoms with Gasteiger partial charge in [0.2, 0.25) is 0 Å². The van der Waals surface area contributed by atoms with Crippen LogP contribution < -0.4 is 14.8 Å². The van der Waals surface area contributed by atoms with Crippen molar-refractivity contribution in [1.82, 2.24) is 20.1 Å². The van der Waals surface area contributed by atoms with Crippen molar-refractivity contribution in [3.8, 4) is 11.5 Å². The number of hydrogen-bond donors (Lipinski definition) is 1. The van der Waals surface area contributed by atoms with Crippen LogP contribution in [0.1, 0.15) is 24.2 Å². The van der Waals surface area contributed by atoms with Gasteiger partial charge in [0.15, 0.2) is 11.5 Å². The normalized spacial score (nSPS) is 20.0. The lowest BCUT2D eigenvalue weighted by atomic mass is 10.1. The summed E-state index contributed by atoms with van der Waals surface area (Å²) in [5.74, 6) is 2.48. The first-order chi connectivity index (χ1) is 11.3. The van der Waals surface area contributed by atoms with Gasteiger partial charge in [-0.1, -0.05) is 11.6 Å². The van der Waals surface area contributed by atoms with Crippen LogP contribution in [0.5, 0.6) is 11.5 Å². The minimum atomic E-state index is 0.388. The minimum absolute atomic E-state index is 0.388. The van der Waals surface area contributed by atoms with E-state index in [1.807, 2.05) is 16.8 Å². The Labute approximate surface area is 139 Å². The predicted octanol–water partition coefficient (Wildman–Crippen LogP) is 2.20. The molecule has 0 fully saturated rings. The number of aryl methyl sites for hydroxylation is 1. The lowest BCUT2D eigenvalue weighted by Crippen LogP contribution is -2.37. The van der Waals surface area contributed by atoms with E-state index in [0.29, 0.717) is 30.0 Å². The van der Waals surface area contributed by atoms with E-state index >= 15 is 0 Å². The smallest absolute Gasteiger partial charge is 0.179 e. The van der Waals surface area contributed by atoms with Crippen molar-refractivity contribution in [3.05, 3.63) is 34.9 Å². The Balaban J connectivity index is 1.43. The summed E-state index contributed by atoms with van der Waals surface area (Å²) < 4.78 is 13.4. The molecule has 0 spiro atoms. The molecule has 1 aromatic heterocycles. The highest BCUT2D eigenvalue weighted by molar-refractivity contribution is 6.32. The molecule has 2 aliphatic heterocycles. The fourth-order valence-corrected chi connectivity index (χ4v) is 3.34. The Bertz CT molecular complexity index is 703. The van der Waals surface area contributed by atoms with Gasteiger partial charge in [0.1, 0.15) is 12.2 Å². The molecule has 1 aromatic carbocycles. The summed E-state index contributed by atoms with van der Waals surface area (Å²) in [5.41, 5.74) is 1.10. The molecular weight excluding hydrogens is 316 g/mol. The molecule has 1 atom stereocenters. The fraction of sp³-hybridized carbons (Fsp3) is 0.500. The van der Waals surface area contributed by atoms with Gasteiger partial charge in [0.25, 0.3) is 0 Å². The topological polar surface area (TPSA) is 61.2 Å². The standard InChI is InChI=1S/C16H19ClN4O2/c17-13-6-11(7-14-16(13)23-5-1-4-22-14)8-18-12-2-3-15-19-10-20-21(15)9-12/h6-7,10,12,18H,1-5,8-9H2/t12-/m0/s1. The third-order valence-electron chi connectivity index (χ3n) is 4.26. The first-order valence-corrected chi connectivity index (χ1v) is 8.35. The van der Waals surface area contributed by atoms with Crippen LogP contribution in [-0.2, 0) is 19.5 Å². The number of fused-ring (bicyclic) bond motifs is 2. The van der Waals surface area contributed by atoms with Gasteiger partial charge < -0.3 is 14.8 Å². The fourth-order valence-electron chi connectivity index (χ4n) is 3.05. The monoisotopic (exact) mass is 334 g/mol. The molecule has 0 unspecified atom stereocenters. The van der Waals surface area contributed by atoms with Gasteiger partial charge in [-0.3, -0.25) is 0 Å². The third-order valence-corrected chi connectivity index (χ3v) is 4.54. The zero-order chi connectivity index (χ0) is 15.6. The van der Waals surface area contributed by atoms with E-state index in [1.54, 1.807) is 6.33 Å². The highest BCUT2D eigenvalue weighted by Crippen LogP contribution is 2.38. The van der Waals surface area contributed by atoms with E-state index in [2.05, 4.69) is 15.4 Å². The molecule has 1 N–H and O–H groups in total. The molecule has 0 bridgehead atoms. The Morgan fingerprint density at radius 3 is 3.17 bits per heavy atom. The molecule has 122 valence electrons. The summed E-state index contributed by atoms with van der Waals surface area (Å²) in [6, 6.07) is 4.36. The summed E-state index contributed by atoms with van der Waals surface area (Å²) in [7, 11) is 0. The van der Waals surface area contributed by atoms with Gasteiger partial charge in [-0.15, -0.1) is 0 Å². The van der Waals surface area contributed by atoms with E-state index in [9.17, 15) is 0 Å². The maximum Gasteiger partial charge on any atom is 0.179 e. The summed E-state index contributed by atoms with van der Waals surface area (Å²) in [5, 5.41) is 8.44. The highest BCUT2D eigenvalue weighted by Gasteiger charge is 2.20. The number of nitrogens with zero attached hydrogens (tertiary/aromatic N) is 3. The summed E-state index contributed by atoms with van der Waals surface area (Å²) in [6.45, 7) is 2.91. The number of nitrogens with one attached hydrogen (secondary N) is 1. The summed E-state index contributed by atoms with van der Waals surface area (Å²) in [4.78, 5) is 4.25. The second-order valence-electron chi connectivity index (χ2n) is 5.93. The van der Waals surface area contributed by atoms with Gasteiger partial charge >= 0.3 is 0 Å². The SMILES string of the molecule is Clc1cc(CN[C@H]2CCc3ncnn3C2)cc2c1OCCCO2. The molecule has 2 aliphatic rings. The molecule has 0 aliphatic carbocycles. The molecule has 23 heavy (non-hydrogen) atoms. The number of benzene rings is 1. The van der Waals surface area contributed by atoms with Crippen molar-refractivity contribution in [3.63, 3.8) is 0 Å². The molecule has 6 nitrogen and oxygen atoms in total. The second-order valence-corrected chi connectivity index (χ2v) is 6.34. The Morgan fingerprint density at radius 2 is 2.22 bits per heavy atom. The maximum atomic E-state index is 6.34. The molecular formula is C16H19ClN4O2. The number of rotatable bonds is 3. The van der Waals surface area contributed by atoms with Crippen molar-refractivity contribution in [1.29, 1.82) is 0 Å². The van der Waals surface area contributed by atoms with Crippen molar-refractivity contribution in [2.24, 2.45) is 0 Å². The minimum Gasteiger partial charge on any atom is -0.489 e. The average Bonchev–Trinajstić information content (AvgIpc) is 2.89. The van der Waals surface area contributed by atoms with Crippen LogP contribution in [0.3, 0.4) is 0 Å². The van der Waals surface area contributed by atoms with Crippen molar-refractivity contribution in [2.75, 3.05) is 13.2 Å². The van der Waals surface area contributed by atoms with Gasteiger partial charge in [0, 0.05) is 25.4 Å². The zero-order valence-corrected chi connectivity index (χ0v) is 13.6. The predicted molar refractivity (Wildman–Crippen MR) is 86.0 cm³/mol. The number of hydrogen-bond acceptors (Lipinski definition) is 5. The number of aromatic nitrogens is 3. The van der Waals surface area contributed by atoms with Crippen LogP contribution in [0.2, 0.25) is 5.02 Å². The van der Waals surface area contributed by atoms with Crippen molar-refractivity contribution < 1.29 is 9.47 Å². The largest absolute Gasteiger partial charge is 0.489 e. The quantitative estimate of drug-likeness (QED) is 0.932. The van der Waals surface area contributed by atoms with Crippen LogP contribution in [0, 0.1) is 0 Å². The Hall–Kier alpha value is -1.79. The van der Waals surface area contributed by atoms with E-state index in [0.717, 1.165) is 49.5 Å². The highest BCUT2D eigenvalue weighted by atomic mass is 35.5. The van der Waals surface area contributed by atoms with E-state index in [1.165, 1.54) is 0 Å². The van der Waals surface area contributed by atoms with Gasteiger partial charge in [-0.05, 0) is 24.1 Å². The number of ether oxygens (including phenoxy) is 2. The summed E-state index contributed by atoms with van der Waals surface area (Å²) in [6.07, 6.45) is 4.53. The molecule has 7 heteroatoms. The molecule has 4 rings (SSSR count). The van der Waals surface area contributed by atoms with Crippen LogP contribution in [0.4, 0.5) is 0 Å². The first kappa shape index (κ1) is 14.8. The van der Waals surface area contributed by atoms with Crippen molar-refractivity contribution in [2.45, 2.75) is 38.4 Å². The maximum absolute atomic E-state index is 6.34. The van der Waals surface area contributed by atoms with Crippen molar-refractivity contribution >= 4 is 11.6 Å². The van der Waals surface area contributed by atoms with Crippen LogP contribution in [0.25, 0.3) is 0 Å². The van der Waals surface area contributed by atoms with Crippen LogP contribution in [0.15, 0.2) is 18.5 Å². The molecule has 0 amide bonds. The van der Waals surface area contributed by atoms with E-state index in [4.69, 9.17) is 21.1 Å². The van der Waals surface area contributed by atoms with Gasteiger partial charge in [0.05, 0.1) is 24.8 Å². The molecule has 0 saturated heterocycles. The average molecular weight is 335 g/mol. The second kappa shape index (κ2) is 6.37. The first-order valence-electron chi connectivity index (χ1n) is 7.97. The van der Waals surface area contributed by atoms with E-state index in [-0.39, 0.29) is 0 Å². The third kappa shape index (κ3) is 3.14. The molecule has 3 heterocycles. The van der Waals surface area contributed by atoms with Crippen LogP contribution in [-0.4, -0.2) is 34.0 Å². The lowest BCUT2D eigenvalue weighted by Gasteiger charge is -2.24. The number of halogens is 1. The zero-order valence-electron chi connectivity index (χ0n) is 12.8. The molecule has 2 aromatic rings. The Kier molecular flexibility index (Phi) is 4.10. The van der Waals surface area contributed by atoms with Crippen LogP contribution >= 0.6 is 11.6 Å². The molecule has 0 radical (unpaired) electrons. The van der Waals surface area contributed by atoms with Gasteiger partial charge in [-0.2, -0.15) is 5.10 Å². The summed E-state index contributed by atoms with van der Waals surface area (Å²) >= 11 is 6.34. The molecule has 0 saturated carbocycles. The van der Waals surface area contributed by atoms with E-state index < -0.39 is 0 Å².